The molecule has 0 atom stereocenters. The van der Waals surface area contributed by atoms with E-state index in [2.05, 4.69) is 24.8 Å². The highest BCUT2D eigenvalue weighted by Crippen LogP contribution is 2.06. The second-order valence-corrected chi connectivity index (χ2v) is 3.73. The van der Waals surface area contributed by atoms with Gasteiger partial charge in [0.1, 0.15) is 0 Å². The number of aliphatic hydroxyl groups is 1. The third kappa shape index (κ3) is 13.3. The van der Waals surface area contributed by atoms with Gasteiger partial charge in [-0.05, 0) is 25.3 Å². The lowest BCUT2D eigenvalue weighted by molar-refractivity contribution is 0.282. The molecule has 0 aliphatic carbocycles. The van der Waals surface area contributed by atoms with Gasteiger partial charge in [0.15, 0.2) is 0 Å². The molecule has 0 aliphatic rings. The van der Waals surface area contributed by atoms with Crippen molar-refractivity contribution in [3.8, 4) is 11.8 Å². The van der Waals surface area contributed by atoms with Crippen LogP contribution in [-0.4, -0.2) is 11.7 Å². The van der Waals surface area contributed by atoms with Crippen LogP contribution in [0.4, 0.5) is 0 Å². The van der Waals surface area contributed by atoms with Crippen molar-refractivity contribution >= 4 is 0 Å². The number of hydrogen-bond acceptors (Lipinski definition) is 1. The van der Waals surface area contributed by atoms with Crippen LogP contribution < -0.4 is 0 Å². The average Bonchev–Trinajstić information content (AvgIpc) is 2.26. The Morgan fingerprint density at radius 3 is 2.33 bits per heavy atom. The van der Waals surface area contributed by atoms with Crippen LogP contribution in [0.2, 0.25) is 0 Å². The van der Waals surface area contributed by atoms with Gasteiger partial charge in [-0.25, -0.2) is 0 Å². The van der Waals surface area contributed by atoms with E-state index in [1.54, 1.807) is 0 Å². The minimum Gasteiger partial charge on any atom is -0.396 e. The van der Waals surface area contributed by atoms with Gasteiger partial charge in [0, 0.05) is 13.0 Å². The fraction of sp³-hybridized carbons (Fsp3) is 0.714. The second-order valence-electron chi connectivity index (χ2n) is 3.73. The number of rotatable bonds is 8. The second kappa shape index (κ2) is 13.3. The summed E-state index contributed by atoms with van der Waals surface area (Å²) in [6.45, 7) is 2.46. The molecule has 0 saturated heterocycles. The van der Waals surface area contributed by atoms with Gasteiger partial charge in [-0.15, -0.1) is 0 Å². The predicted octanol–water partition coefficient (Wildman–Crippen LogP) is 3.68. The van der Waals surface area contributed by atoms with E-state index in [9.17, 15) is 0 Å². The number of unbranched alkanes of at least 4 members (excludes halogenated alkanes) is 6. The largest absolute Gasteiger partial charge is 0.396 e. The minimum atomic E-state index is 0.342. The first-order chi connectivity index (χ1) is 7.41. The molecular weight excluding hydrogens is 184 g/mol. The van der Waals surface area contributed by atoms with Crippen LogP contribution in [0.5, 0.6) is 0 Å². The Bertz CT molecular complexity index is 195. The Labute approximate surface area is 94.6 Å². The average molecular weight is 208 g/mol. The molecular formula is C14H24O. The van der Waals surface area contributed by atoms with E-state index in [0.29, 0.717) is 6.61 Å². The number of hydrogen-bond donors (Lipinski definition) is 1. The van der Waals surface area contributed by atoms with Crippen molar-refractivity contribution < 1.29 is 5.11 Å². The Hall–Kier alpha value is -0.740. The van der Waals surface area contributed by atoms with Crippen LogP contribution in [0, 0.1) is 11.8 Å². The van der Waals surface area contributed by atoms with Gasteiger partial charge in [0.25, 0.3) is 0 Å². The lowest BCUT2D eigenvalue weighted by Gasteiger charge is -1.97. The van der Waals surface area contributed by atoms with E-state index in [1.807, 2.05) is 6.08 Å². The first kappa shape index (κ1) is 14.3. The third-order valence-corrected chi connectivity index (χ3v) is 2.25. The lowest BCUT2D eigenvalue weighted by Crippen LogP contribution is -1.83. The smallest absolute Gasteiger partial charge is 0.0431 e. The van der Waals surface area contributed by atoms with Crippen molar-refractivity contribution in [1.82, 2.24) is 0 Å². The summed E-state index contributed by atoms with van der Waals surface area (Å²) in [5.74, 6) is 6.18. The first-order valence-corrected chi connectivity index (χ1v) is 6.16. The summed E-state index contributed by atoms with van der Waals surface area (Å²) >= 11 is 0. The Morgan fingerprint density at radius 1 is 1.00 bits per heavy atom. The Kier molecular flexibility index (Phi) is 12.6. The fourth-order valence-electron chi connectivity index (χ4n) is 1.34. The van der Waals surface area contributed by atoms with Crippen molar-refractivity contribution in [3.63, 3.8) is 0 Å². The van der Waals surface area contributed by atoms with Crippen molar-refractivity contribution in [2.75, 3.05) is 6.61 Å². The van der Waals surface area contributed by atoms with Crippen molar-refractivity contribution in [3.05, 3.63) is 12.2 Å². The van der Waals surface area contributed by atoms with Gasteiger partial charge >= 0.3 is 0 Å². The standard InChI is InChI=1S/C14H24O/c1-2-3-4-5-6-7-8-9-10-11-12-13-14-15/h3-4,15H,2,7-14H2,1H3/b4-3-. The van der Waals surface area contributed by atoms with E-state index in [-0.39, 0.29) is 0 Å². The molecule has 15 heavy (non-hydrogen) atoms. The van der Waals surface area contributed by atoms with E-state index in [4.69, 9.17) is 5.11 Å². The van der Waals surface area contributed by atoms with Crippen molar-refractivity contribution in [2.45, 2.75) is 58.3 Å². The van der Waals surface area contributed by atoms with Crippen molar-refractivity contribution in [2.24, 2.45) is 0 Å². The monoisotopic (exact) mass is 208 g/mol. The summed E-state index contributed by atoms with van der Waals surface area (Å²) in [6, 6.07) is 0. The first-order valence-electron chi connectivity index (χ1n) is 6.16. The van der Waals surface area contributed by atoms with Gasteiger partial charge in [0.2, 0.25) is 0 Å². The zero-order valence-electron chi connectivity index (χ0n) is 9.97. The zero-order chi connectivity index (χ0) is 11.2. The van der Waals surface area contributed by atoms with Crippen LogP contribution in [0.3, 0.4) is 0 Å². The van der Waals surface area contributed by atoms with E-state index < -0.39 is 0 Å². The molecule has 1 N–H and O–H groups in total. The zero-order valence-corrected chi connectivity index (χ0v) is 9.97. The summed E-state index contributed by atoms with van der Waals surface area (Å²) in [5, 5.41) is 8.59. The van der Waals surface area contributed by atoms with Gasteiger partial charge in [0.05, 0.1) is 0 Å². The highest BCUT2D eigenvalue weighted by molar-refractivity contribution is 5.14. The maximum absolute atomic E-state index is 8.59. The molecule has 0 aromatic rings. The summed E-state index contributed by atoms with van der Waals surface area (Å²) in [4.78, 5) is 0. The van der Waals surface area contributed by atoms with Gasteiger partial charge in [-0.1, -0.05) is 50.5 Å². The number of aliphatic hydroxyl groups excluding tert-OH is 1. The SMILES string of the molecule is CC/C=C\C#CCCCCCCCCO. The van der Waals surface area contributed by atoms with E-state index >= 15 is 0 Å². The van der Waals surface area contributed by atoms with Crippen LogP contribution >= 0.6 is 0 Å². The van der Waals surface area contributed by atoms with Crippen molar-refractivity contribution in [1.29, 1.82) is 0 Å². The molecule has 0 unspecified atom stereocenters. The van der Waals surface area contributed by atoms with Gasteiger partial charge in [-0.2, -0.15) is 0 Å². The van der Waals surface area contributed by atoms with Gasteiger partial charge < -0.3 is 5.11 Å². The van der Waals surface area contributed by atoms with Gasteiger partial charge in [-0.3, -0.25) is 0 Å². The summed E-state index contributed by atoms with van der Waals surface area (Å²) in [5.41, 5.74) is 0. The normalized spacial score (nSPS) is 10.3. The summed E-state index contributed by atoms with van der Waals surface area (Å²) in [6.07, 6.45) is 13.3. The highest BCUT2D eigenvalue weighted by atomic mass is 16.2. The summed E-state index contributed by atoms with van der Waals surface area (Å²) in [7, 11) is 0. The molecule has 0 saturated carbocycles. The molecule has 86 valence electrons. The number of allylic oxidation sites excluding steroid dienone is 2. The maximum atomic E-state index is 8.59. The molecule has 0 heterocycles. The third-order valence-electron chi connectivity index (χ3n) is 2.25. The molecule has 1 nitrogen and oxygen atoms in total. The maximum Gasteiger partial charge on any atom is 0.0431 e. The molecule has 0 rings (SSSR count). The van der Waals surface area contributed by atoms with Crippen LogP contribution in [-0.2, 0) is 0 Å². The topological polar surface area (TPSA) is 20.2 Å². The molecule has 0 aromatic carbocycles. The van der Waals surface area contributed by atoms with Crippen LogP contribution in [0.25, 0.3) is 0 Å². The molecule has 0 bridgehead atoms. The highest BCUT2D eigenvalue weighted by Gasteiger charge is 1.89. The Balaban J connectivity index is 3.09. The molecule has 0 spiro atoms. The van der Waals surface area contributed by atoms with E-state index in [1.165, 1.54) is 32.1 Å². The predicted molar refractivity (Wildman–Crippen MR) is 66.6 cm³/mol. The molecule has 0 aliphatic heterocycles. The van der Waals surface area contributed by atoms with E-state index in [0.717, 1.165) is 19.3 Å². The Morgan fingerprint density at radius 2 is 1.67 bits per heavy atom. The van der Waals surface area contributed by atoms with Crippen LogP contribution in [0.15, 0.2) is 12.2 Å². The molecule has 0 radical (unpaired) electrons. The molecule has 0 aromatic heterocycles. The fourth-order valence-corrected chi connectivity index (χ4v) is 1.34. The summed E-state index contributed by atoms with van der Waals surface area (Å²) < 4.78 is 0. The minimum absolute atomic E-state index is 0.342. The lowest BCUT2D eigenvalue weighted by atomic mass is 10.1. The molecule has 0 fully saturated rings. The molecule has 0 amide bonds. The molecule has 1 heteroatoms. The quantitative estimate of drug-likeness (QED) is 0.476. The van der Waals surface area contributed by atoms with Crippen LogP contribution in [0.1, 0.15) is 58.3 Å².